The second-order valence-electron chi connectivity index (χ2n) is 10.4. The van der Waals surface area contributed by atoms with Gasteiger partial charge in [0, 0.05) is 12.3 Å². The molecule has 0 radical (unpaired) electrons. The zero-order valence-electron chi connectivity index (χ0n) is 22.0. The first-order valence-corrected chi connectivity index (χ1v) is 12.4. The van der Waals surface area contributed by atoms with E-state index < -0.39 is 81.7 Å². The number of aliphatic hydroxyl groups is 4. The van der Waals surface area contributed by atoms with Crippen molar-refractivity contribution in [2.75, 3.05) is 14.1 Å². The Morgan fingerprint density at radius 1 is 1.15 bits per heavy atom. The Morgan fingerprint density at radius 2 is 1.78 bits per heavy atom. The van der Waals surface area contributed by atoms with Crippen LogP contribution < -0.4 is 11.1 Å². The molecule has 3 aliphatic carbocycles. The molecule has 1 aromatic rings. The van der Waals surface area contributed by atoms with Crippen LogP contribution in [0.3, 0.4) is 0 Å². The van der Waals surface area contributed by atoms with E-state index in [1.165, 1.54) is 37.2 Å². The van der Waals surface area contributed by atoms with Gasteiger partial charge in [-0.2, -0.15) is 0 Å². The number of ketones is 2. The molecule has 1 aliphatic heterocycles. The highest BCUT2D eigenvalue weighted by atomic mass is 16.4. The number of phenols is 1. The van der Waals surface area contributed by atoms with E-state index in [2.05, 4.69) is 11.9 Å². The molecule has 1 aromatic carbocycles. The summed E-state index contributed by atoms with van der Waals surface area (Å²) in [6.45, 7) is 3.91. The van der Waals surface area contributed by atoms with Gasteiger partial charge in [0.25, 0.3) is 5.91 Å². The van der Waals surface area contributed by atoms with Gasteiger partial charge in [-0.15, -0.1) is 0 Å². The number of carbonyl (C=O) groups is 5. The van der Waals surface area contributed by atoms with Gasteiger partial charge in [-0.3, -0.25) is 24.1 Å². The minimum atomic E-state index is -2.94. The first-order valence-electron chi connectivity index (χ1n) is 12.4. The first kappa shape index (κ1) is 29.5. The van der Waals surface area contributed by atoms with Crippen molar-refractivity contribution in [3.8, 4) is 5.75 Å². The Balaban J connectivity index is 0.000000367. The summed E-state index contributed by atoms with van der Waals surface area (Å²) in [5.41, 5.74) is 1.16. The summed E-state index contributed by atoms with van der Waals surface area (Å²) in [5, 5.41) is 65.3. The summed E-state index contributed by atoms with van der Waals surface area (Å²) in [6.07, 6.45) is -0.920. The number of nitrogens with one attached hydrogen (secondary N) is 1. The third-order valence-electron chi connectivity index (χ3n) is 7.90. The molecule has 2 amide bonds. The van der Waals surface area contributed by atoms with Crippen LogP contribution in [0.2, 0.25) is 0 Å². The monoisotopic (exact) mass is 571 g/mol. The van der Waals surface area contributed by atoms with E-state index in [-0.39, 0.29) is 28.4 Å². The molecule has 4 aliphatic rings. The largest absolute Gasteiger partial charge is 0.508 e. The average Bonchev–Trinajstić information content (AvgIpc) is 3.33. The molecule has 41 heavy (non-hydrogen) atoms. The molecule has 1 heterocycles. The molecule has 0 bridgehead atoms. The molecule has 14 heteroatoms. The fourth-order valence-electron chi connectivity index (χ4n) is 6.01. The van der Waals surface area contributed by atoms with Gasteiger partial charge in [0.1, 0.15) is 28.9 Å². The van der Waals surface area contributed by atoms with Gasteiger partial charge >= 0.3 is 5.97 Å². The first-order chi connectivity index (χ1) is 19.1. The maximum atomic E-state index is 13.6. The molecule has 5 rings (SSSR count). The number of amides is 2. The van der Waals surface area contributed by atoms with Crippen molar-refractivity contribution < 1.29 is 54.6 Å². The number of Topliss-reactive ketones (excluding diaryl/α,β-unsaturated/α-hetero) is 2. The van der Waals surface area contributed by atoms with Crippen LogP contribution in [0.25, 0.3) is 11.3 Å². The highest BCUT2D eigenvalue weighted by Gasteiger charge is 2.68. The topological polar surface area (TPSA) is 248 Å². The molecule has 0 spiro atoms. The van der Waals surface area contributed by atoms with Crippen molar-refractivity contribution in [1.29, 1.82) is 0 Å². The third kappa shape index (κ3) is 4.27. The predicted molar refractivity (Wildman–Crippen MR) is 140 cm³/mol. The van der Waals surface area contributed by atoms with Gasteiger partial charge < -0.3 is 41.7 Å². The van der Waals surface area contributed by atoms with Gasteiger partial charge in [0.05, 0.1) is 29.2 Å². The Bertz CT molecular complexity index is 1480. The maximum Gasteiger partial charge on any atom is 0.326 e. The molecule has 9 N–H and O–H groups in total. The van der Waals surface area contributed by atoms with Crippen LogP contribution in [0.5, 0.6) is 5.75 Å². The number of nitrogens with two attached hydrogens (primary N) is 1. The Hall–Kier alpha value is -4.53. The molecule has 0 aromatic heterocycles. The zero-order valence-corrected chi connectivity index (χ0v) is 22.0. The fourth-order valence-corrected chi connectivity index (χ4v) is 6.01. The number of aromatic hydroxyl groups is 1. The summed E-state index contributed by atoms with van der Waals surface area (Å²) in [4.78, 5) is 60.4. The lowest BCUT2D eigenvalue weighted by molar-refractivity contribution is -0.166. The molecule has 1 saturated heterocycles. The molecule has 1 saturated carbocycles. The number of carboxylic acids is 1. The van der Waals surface area contributed by atoms with E-state index >= 15 is 0 Å². The van der Waals surface area contributed by atoms with Crippen LogP contribution in [0, 0.1) is 11.8 Å². The zero-order chi connectivity index (χ0) is 30.7. The van der Waals surface area contributed by atoms with E-state index in [1.54, 1.807) is 0 Å². The molecular weight excluding hydrogens is 542 g/mol. The third-order valence-corrected chi connectivity index (χ3v) is 7.90. The van der Waals surface area contributed by atoms with Gasteiger partial charge in [-0.05, 0) is 37.7 Å². The van der Waals surface area contributed by atoms with Gasteiger partial charge in [-0.25, -0.2) is 4.79 Å². The summed E-state index contributed by atoms with van der Waals surface area (Å²) in [7, 11) is 2.88. The van der Waals surface area contributed by atoms with Gasteiger partial charge in [0.15, 0.2) is 11.4 Å². The van der Waals surface area contributed by atoms with Crippen LogP contribution in [0.4, 0.5) is 0 Å². The van der Waals surface area contributed by atoms with Crippen molar-refractivity contribution >= 4 is 40.7 Å². The number of aliphatic hydroxyl groups excluding tert-OH is 3. The molecule has 218 valence electrons. The average molecular weight is 572 g/mol. The second kappa shape index (κ2) is 10.1. The molecular formula is C27H29N3O11. The normalized spacial score (nSPS) is 30.7. The number of fused-ring (bicyclic) bond motifs is 3. The van der Waals surface area contributed by atoms with E-state index in [0.29, 0.717) is 12.8 Å². The van der Waals surface area contributed by atoms with Gasteiger partial charge in [0.2, 0.25) is 11.7 Å². The lowest BCUT2D eigenvalue weighted by Crippen LogP contribution is -2.70. The van der Waals surface area contributed by atoms with Crippen LogP contribution >= 0.6 is 0 Å². The number of hydrogen-bond donors (Lipinski definition) is 8. The Kier molecular flexibility index (Phi) is 7.28. The minimum absolute atomic E-state index is 0.124. The lowest BCUT2D eigenvalue weighted by Gasteiger charge is -2.52. The lowest BCUT2D eigenvalue weighted by atomic mass is 9.55. The smallest absolute Gasteiger partial charge is 0.326 e. The number of carbonyl (C=O) groups excluding carboxylic acids is 4. The van der Waals surface area contributed by atoms with Crippen molar-refractivity contribution in [2.45, 2.75) is 36.6 Å². The van der Waals surface area contributed by atoms with Crippen molar-refractivity contribution in [3.05, 3.63) is 52.8 Å². The highest BCUT2D eigenvalue weighted by Crippen LogP contribution is 2.55. The second-order valence-corrected chi connectivity index (χ2v) is 10.4. The van der Waals surface area contributed by atoms with Crippen molar-refractivity contribution in [3.63, 3.8) is 0 Å². The van der Waals surface area contributed by atoms with Crippen LogP contribution in [0.1, 0.15) is 24.0 Å². The summed E-state index contributed by atoms with van der Waals surface area (Å²) < 4.78 is 0. The minimum Gasteiger partial charge on any atom is -0.508 e. The number of likely N-dealkylation sites (N-methyl/N-ethyl adjacent to an activating group) is 1. The summed E-state index contributed by atoms with van der Waals surface area (Å²) in [5.74, 6) is -9.89. The van der Waals surface area contributed by atoms with E-state index in [1.807, 2.05) is 0 Å². The number of primary amides is 1. The van der Waals surface area contributed by atoms with Crippen LogP contribution in [0.15, 0.2) is 41.7 Å². The Labute approximate surface area is 232 Å². The summed E-state index contributed by atoms with van der Waals surface area (Å²) in [6, 6.07) is 2.25. The Morgan fingerprint density at radius 3 is 2.27 bits per heavy atom. The highest BCUT2D eigenvalue weighted by molar-refractivity contribution is 6.25. The summed E-state index contributed by atoms with van der Waals surface area (Å²) >= 11 is 0. The SMILES string of the molecule is C=C1c2cccc(O)c2C(O)=C2C(=O)[C@]3(O)C(O)=C(C(N)=O)C(=O)[C@@H](N(C)C)[C@@H]3[C@@H](O)[C@H]12.O=C1CC[C@@H](C(=O)O)N1. The van der Waals surface area contributed by atoms with Crippen LogP contribution in [-0.4, -0.2) is 103 Å². The number of rotatable bonds is 3. The number of carboxylic acid groups (broad SMARTS) is 1. The number of benzene rings is 1. The predicted octanol–water partition coefficient (Wildman–Crippen LogP) is -1.24. The van der Waals surface area contributed by atoms with Crippen LogP contribution in [-0.2, 0) is 24.0 Å². The number of nitrogens with zero attached hydrogens (tertiary/aromatic N) is 1. The number of hydrogen-bond acceptors (Lipinski definition) is 11. The molecule has 2 fully saturated rings. The van der Waals surface area contributed by atoms with Gasteiger partial charge in [-0.1, -0.05) is 18.7 Å². The van der Waals surface area contributed by atoms with Crippen molar-refractivity contribution in [2.24, 2.45) is 17.6 Å². The number of aliphatic carboxylic acids is 1. The fraction of sp³-hybridized carbons (Fsp3) is 0.370. The maximum absolute atomic E-state index is 13.6. The van der Waals surface area contributed by atoms with E-state index in [9.17, 15) is 49.5 Å². The molecule has 6 atom stereocenters. The van der Waals surface area contributed by atoms with Crippen molar-refractivity contribution in [1.82, 2.24) is 10.2 Å². The van der Waals surface area contributed by atoms with E-state index in [4.69, 9.17) is 10.8 Å². The quantitative estimate of drug-likeness (QED) is 0.198. The molecule has 14 nitrogen and oxygen atoms in total. The number of phenolic OH excluding ortho intramolecular Hbond substituents is 1. The molecule has 0 unspecified atom stereocenters. The standard InChI is InChI=1S/C22H22N2O8.C5H7NO3/c1-7-8-5-4-6-9(25)11(8)16(26)12-10(7)17(27)14-15(24(2)3)18(28)13(21(23)31)20(30)22(14,32)19(12)29;7-4-2-1-3(6-4)5(8)9/h4-6,10,14-15,17,25-27,30,32H,1H2,2-3H3,(H2,23,31);3H,1-2H2,(H,6,7)(H,8,9)/t10-,14-,15+,17+,22+;3-/m10/s1. The van der Waals surface area contributed by atoms with E-state index in [0.717, 1.165) is 0 Å².